The summed E-state index contributed by atoms with van der Waals surface area (Å²) in [5.74, 6) is 0.316. The predicted octanol–water partition coefficient (Wildman–Crippen LogP) is 2.06. The van der Waals surface area contributed by atoms with Gasteiger partial charge in [-0.25, -0.2) is 4.98 Å². The van der Waals surface area contributed by atoms with Gasteiger partial charge < -0.3 is 10.2 Å². The van der Waals surface area contributed by atoms with Gasteiger partial charge in [-0.05, 0) is 26.0 Å². The SMILES string of the molecule is CC(C)NC(=O)C1CN(c2ccc(C(F)(F)F)cn2)C1. The number of anilines is 1. The molecule has 0 aliphatic carbocycles. The van der Waals surface area contributed by atoms with Gasteiger partial charge in [-0.3, -0.25) is 4.79 Å². The lowest BCUT2D eigenvalue weighted by Gasteiger charge is -2.39. The number of aromatic nitrogens is 1. The number of halogens is 3. The molecule has 0 spiro atoms. The summed E-state index contributed by atoms with van der Waals surface area (Å²) in [4.78, 5) is 17.3. The zero-order valence-corrected chi connectivity index (χ0v) is 11.2. The highest BCUT2D eigenvalue weighted by Crippen LogP contribution is 2.30. The number of hydrogen-bond acceptors (Lipinski definition) is 3. The highest BCUT2D eigenvalue weighted by atomic mass is 19.4. The molecule has 110 valence electrons. The van der Waals surface area contributed by atoms with Crippen LogP contribution < -0.4 is 10.2 Å². The number of alkyl halides is 3. The topological polar surface area (TPSA) is 45.2 Å². The van der Waals surface area contributed by atoms with Gasteiger partial charge in [-0.1, -0.05) is 0 Å². The van der Waals surface area contributed by atoms with E-state index in [1.807, 2.05) is 13.8 Å². The number of hydrogen-bond donors (Lipinski definition) is 1. The molecule has 0 atom stereocenters. The number of nitrogens with one attached hydrogen (secondary N) is 1. The summed E-state index contributed by atoms with van der Waals surface area (Å²) in [6.45, 7) is 4.73. The molecule has 2 heterocycles. The molecule has 1 saturated heterocycles. The first kappa shape index (κ1) is 14.6. The molecule has 1 fully saturated rings. The van der Waals surface area contributed by atoms with Gasteiger partial charge in [0.25, 0.3) is 0 Å². The Hall–Kier alpha value is -1.79. The van der Waals surface area contributed by atoms with E-state index >= 15 is 0 Å². The average Bonchev–Trinajstić information content (AvgIpc) is 2.25. The van der Waals surface area contributed by atoms with Crippen LogP contribution in [0.2, 0.25) is 0 Å². The molecule has 4 nitrogen and oxygen atoms in total. The molecule has 1 aliphatic rings. The van der Waals surface area contributed by atoms with Crippen molar-refractivity contribution in [1.29, 1.82) is 0 Å². The molecule has 1 aromatic heterocycles. The second kappa shape index (κ2) is 5.30. The fourth-order valence-corrected chi connectivity index (χ4v) is 1.97. The van der Waals surface area contributed by atoms with Crippen molar-refractivity contribution in [3.8, 4) is 0 Å². The molecule has 0 unspecified atom stereocenters. The minimum absolute atomic E-state index is 0.0249. The van der Waals surface area contributed by atoms with E-state index in [9.17, 15) is 18.0 Å². The van der Waals surface area contributed by atoms with Gasteiger partial charge in [-0.2, -0.15) is 13.2 Å². The van der Waals surface area contributed by atoms with Crippen molar-refractivity contribution >= 4 is 11.7 Å². The van der Waals surface area contributed by atoms with Crippen molar-refractivity contribution in [2.24, 2.45) is 5.92 Å². The standard InChI is InChI=1S/C13H16F3N3O/c1-8(2)18-12(20)9-6-19(7-9)11-4-3-10(5-17-11)13(14,15)16/h3-5,8-9H,6-7H2,1-2H3,(H,18,20). The number of carbonyl (C=O) groups excluding carboxylic acids is 1. The van der Waals surface area contributed by atoms with Crippen molar-refractivity contribution in [3.05, 3.63) is 23.9 Å². The number of nitrogens with zero attached hydrogens (tertiary/aromatic N) is 2. The molecule has 2 rings (SSSR count). The van der Waals surface area contributed by atoms with Crippen LogP contribution >= 0.6 is 0 Å². The third kappa shape index (κ3) is 3.20. The molecule has 0 radical (unpaired) electrons. The van der Waals surface area contributed by atoms with Gasteiger partial charge in [0.1, 0.15) is 5.82 Å². The second-order valence-corrected chi connectivity index (χ2v) is 5.17. The Balaban J connectivity index is 1.91. The summed E-state index contributed by atoms with van der Waals surface area (Å²) in [6, 6.07) is 2.42. The van der Waals surface area contributed by atoms with E-state index in [4.69, 9.17) is 0 Å². The van der Waals surface area contributed by atoms with Gasteiger partial charge in [0.15, 0.2) is 0 Å². The molecular weight excluding hydrogens is 271 g/mol. The Morgan fingerprint density at radius 1 is 1.40 bits per heavy atom. The predicted molar refractivity (Wildman–Crippen MR) is 68.2 cm³/mol. The maximum Gasteiger partial charge on any atom is 0.417 e. The quantitative estimate of drug-likeness (QED) is 0.925. The average molecular weight is 287 g/mol. The van der Waals surface area contributed by atoms with Crippen LogP contribution in [0.25, 0.3) is 0 Å². The van der Waals surface area contributed by atoms with Gasteiger partial charge in [0.05, 0.1) is 11.5 Å². The van der Waals surface area contributed by atoms with Crippen molar-refractivity contribution in [2.45, 2.75) is 26.1 Å². The van der Waals surface area contributed by atoms with Crippen LogP contribution in [0.4, 0.5) is 19.0 Å². The maximum atomic E-state index is 12.4. The molecule has 1 N–H and O–H groups in total. The fraction of sp³-hybridized carbons (Fsp3) is 0.538. The molecule has 1 aliphatic heterocycles. The van der Waals surface area contributed by atoms with Gasteiger partial charge >= 0.3 is 6.18 Å². The minimum Gasteiger partial charge on any atom is -0.355 e. The summed E-state index contributed by atoms with van der Waals surface area (Å²) in [6.07, 6.45) is -3.56. The lowest BCUT2D eigenvalue weighted by Crippen LogP contribution is -2.55. The summed E-state index contributed by atoms with van der Waals surface area (Å²) in [5.41, 5.74) is -0.768. The van der Waals surface area contributed by atoms with Crippen molar-refractivity contribution in [1.82, 2.24) is 10.3 Å². The van der Waals surface area contributed by atoms with Gasteiger partial charge in [0.2, 0.25) is 5.91 Å². The molecular formula is C13H16F3N3O. The Morgan fingerprint density at radius 3 is 2.50 bits per heavy atom. The van der Waals surface area contributed by atoms with Crippen LogP contribution in [0.1, 0.15) is 19.4 Å². The monoisotopic (exact) mass is 287 g/mol. The van der Waals surface area contributed by atoms with Crippen molar-refractivity contribution < 1.29 is 18.0 Å². The molecule has 0 aromatic carbocycles. The summed E-state index contributed by atoms with van der Waals surface area (Å²) >= 11 is 0. The Morgan fingerprint density at radius 2 is 2.05 bits per heavy atom. The summed E-state index contributed by atoms with van der Waals surface area (Å²) in [7, 11) is 0. The van der Waals surface area contributed by atoms with Gasteiger partial charge in [-0.15, -0.1) is 0 Å². The van der Waals surface area contributed by atoms with Crippen LogP contribution in [-0.4, -0.2) is 30.0 Å². The second-order valence-electron chi connectivity index (χ2n) is 5.17. The largest absolute Gasteiger partial charge is 0.417 e. The Labute approximate surface area is 115 Å². The molecule has 7 heteroatoms. The Kier molecular flexibility index (Phi) is 3.87. The minimum atomic E-state index is -4.37. The van der Waals surface area contributed by atoms with E-state index in [1.165, 1.54) is 6.07 Å². The van der Waals surface area contributed by atoms with E-state index in [0.717, 1.165) is 12.3 Å². The molecule has 0 bridgehead atoms. The number of amides is 1. The van der Waals surface area contributed by atoms with Crippen LogP contribution in [0.15, 0.2) is 18.3 Å². The third-order valence-corrected chi connectivity index (χ3v) is 3.08. The van der Waals surface area contributed by atoms with E-state index in [2.05, 4.69) is 10.3 Å². The van der Waals surface area contributed by atoms with Crippen LogP contribution in [-0.2, 0) is 11.0 Å². The van der Waals surface area contributed by atoms with Crippen LogP contribution in [0.5, 0.6) is 0 Å². The number of rotatable bonds is 3. The van der Waals surface area contributed by atoms with Crippen molar-refractivity contribution in [3.63, 3.8) is 0 Å². The van der Waals surface area contributed by atoms with Gasteiger partial charge in [0, 0.05) is 25.3 Å². The lowest BCUT2D eigenvalue weighted by molar-refractivity contribution is -0.137. The smallest absolute Gasteiger partial charge is 0.355 e. The first-order chi connectivity index (χ1) is 9.27. The molecule has 20 heavy (non-hydrogen) atoms. The summed E-state index contributed by atoms with van der Waals surface area (Å²) < 4.78 is 37.2. The van der Waals surface area contributed by atoms with E-state index in [1.54, 1.807) is 4.90 Å². The normalized spacial score (nSPS) is 16.2. The highest BCUT2D eigenvalue weighted by molar-refractivity contribution is 5.81. The molecule has 1 amide bonds. The summed E-state index contributed by atoms with van der Waals surface area (Å²) in [5, 5.41) is 2.81. The zero-order chi connectivity index (χ0) is 14.9. The van der Waals surface area contributed by atoms with E-state index in [-0.39, 0.29) is 17.9 Å². The molecule has 1 aromatic rings. The third-order valence-electron chi connectivity index (χ3n) is 3.08. The number of pyridine rings is 1. The van der Waals surface area contributed by atoms with Crippen LogP contribution in [0, 0.1) is 5.92 Å². The lowest BCUT2D eigenvalue weighted by atomic mass is 9.99. The number of carbonyl (C=O) groups is 1. The Bertz CT molecular complexity index is 479. The van der Waals surface area contributed by atoms with Crippen molar-refractivity contribution in [2.75, 3.05) is 18.0 Å². The first-order valence-corrected chi connectivity index (χ1v) is 6.36. The van der Waals surface area contributed by atoms with E-state index in [0.29, 0.717) is 18.9 Å². The zero-order valence-electron chi connectivity index (χ0n) is 11.2. The van der Waals surface area contributed by atoms with Crippen LogP contribution in [0.3, 0.4) is 0 Å². The highest BCUT2D eigenvalue weighted by Gasteiger charge is 2.35. The van der Waals surface area contributed by atoms with E-state index < -0.39 is 11.7 Å². The fourth-order valence-electron chi connectivity index (χ4n) is 1.97. The maximum absolute atomic E-state index is 12.4. The molecule has 0 saturated carbocycles. The first-order valence-electron chi connectivity index (χ1n) is 6.36.